The van der Waals surface area contributed by atoms with Gasteiger partial charge >= 0.3 is 0 Å². The second-order valence-electron chi connectivity index (χ2n) is 7.44. The normalized spacial score (nSPS) is 14.2. The molecule has 0 radical (unpaired) electrons. The molecule has 0 spiro atoms. The molecule has 8 heteroatoms. The van der Waals surface area contributed by atoms with E-state index in [4.69, 9.17) is 14.2 Å². The zero-order chi connectivity index (χ0) is 22.3. The molecular formula is C24H25BrN4O3. The van der Waals surface area contributed by atoms with Crippen molar-refractivity contribution in [1.29, 1.82) is 5.26 Å². The van der Waals surface area contributed by atoms with Crippen LogP contribution >= 0.6 is 15.9 Å². The van der Waals surface area contributed by atoms with Gasteiger partial charge in [0.25, 0.3) is 0 Å². The minimum absolute atomic E-state index is 0.459. The van der Waals surface area contributed by atoms with E-state index in [-0.39, 0.29) is 0 Å². The van der Waals surface area contributed by atoms with Gasteiger partial charge in [0.2, 0.25) is 0 Å². The van der Waals surface area contributed by atoms with E-state index in [1.807, 2.05) is 36.4 Å². The molecule has 2 aromatic carbocycles. The SMILES string of the molecule is COc1ccc2c(Nc3cccc(Br)c3)c(C#N)cnc2c1OCCCN1CCOCC1. The van der Waals surface area contributed by atoms with Crippen LogP contribution in [0.15, 0.2) is 47.1 Å². The van der Waals surface area contributed by atoms with Gasteiger partial charge in [-0.1, -0.05) is 22.0 Å². The lowest BCUT2D eigenvalue weighted by Gasteiger charge is -2.26. The molecule has 1 aliphatic rings. The number of aromatic nitrogens is 1. The fourth-order valence-corrected chi connectivity index (χ4v) is 4.14. The number of fused-ring (bicyclic) bond motifs is 1. The lowest BCUT2D eigenvalue weighted by Crippen LogP contribution is -2.37. The van der Waals surface area contributed by atoms with Crippen molar-refractivity contribution in [3.05, 3.63) is 52.6 Å². The van der Waals surface area contributed by atoms with Crippen molar-refractivity contribution in [3.8, 4) is 17.6 Å². The molecule has 32 heavy (non-hydrogen) atoms. The summed E-state index contributed by atoms with van der Waals surface area (Å²) < 4.78 is 18.1. The second-order valence-corrected chi connectivity index (χ2v) is 8.36. The number of hydrogen-bond donors (Lipinski definition) is 1. The third-order valence-electron chi connectivity index (χ3n) is 5.36. The Morgan fingerprint density at radius 2 is 2.09 bits per heavy atom. The molecule has 0 atom stereocenters. The lowest BCUT2D eigenvalue weighted by molar-refractivity contribution is 0.0358. The number of nitrogens with one attached hydrogen (secondary N) is 1. The van der Waals surface area contributed by atoms with E-state index in [1.165, 1.54) is 0 Å². The third kappa shape index (κ3) is 5.13. The molecule has 1 N–H and O–H groups in total. The van der Waals surface area contributed by atoms with Crippen molar-refractivity contribution in [2.24, 2.45) is 0 Å². The highest BCUT2D eigenvalue weighted by atomic mass is 79.9. The van der Waals surface area contributed by atoms with Crippen LogP contribution in [0.5, 0.6) is 11.5 Å². The molecule has 4 rings (SSSR count). The van der Waals surface area contributed by atoms with Crippen LogP contribution in [0, 0.1) is 11.3 Å². The van der Waals surface area contributed by atoms with Gasteiger partial charge in [-0.2, -0.15) is 5.26 Å². The van der Waals surface area contributed by atoms with Gasteiger partial charge in [0.05, 0.1) is 38.2 Å². The standard InChI is InChI=1S/C24H25BrN4O3/c1-30-21-7-6-20-22(28-19-5-2-4-18(25)14-19)17(15-26)16-27-23(20)24(21)32-11-3-8-29-9-12-31-13-10-29/h2,4-7,14,16H,3,8-13H2,1H3,(H,27,28). The van der Waals surface area contributed by atoms with E-state index in [0.717, 1.165) is 54.8 Å². The summed E-state index contributed by atoms with van der Waals surface area (Å²) in [5, 5.41) is 13.8. The monoisotopic (exact) mass is 496 g/mol. The number of anilines is 2. The highest BCUT2D eigenvalue weighted by molar-refractivity contribution is 9.10. The van der Waals surface area contributed by atoms with Gasteiger partial charge in [0, 0.05) is 41.4 Å². The minimum atomic E-state index is 0.459. The van der Waals surface area contributed by atoms with Crippen molar-refractivity contribution in [1.82, 2.24) is 9.88 Å². The Kier molecular flexibility index (Phi) is 7.43. The lowest BCUT2D eigenvalue weighted by atomic mass is 10.1. The summed E-state index contributed by atoms with van der Waals surface area (Å²) in [5.74, 6) is 1.21. The maximum absolute atomic E-state index is 9.67. The zero-order valence-electron chi connectivity index (χ0n) is 17.9. The maximum atomic E-state index is 9.67. The first-order valence-corrected chi connectivity index (χ1v) is 11.3. The topological polar surface area (TPSA) is 79.6 Å². The van der Waals surface area contributed by atoms with Gasteiger partial charge in [-0.05, 0) is 36.8 Å². The number of benzene rings is 2. The minimum Gasteiger partial charge on any atom is -0.493 e. The molecule has 2 heterocycles. The van der Waals surface area contributed by atoms with Crippen LogP contribution < -0.4 is 14.8 Å². The molecular weight excluding hydrogens is 472 g/mol. The highest BCUT2D eigenvalue weighted by Crippen LogP contribution is 2.39. The van der Waals surface area contributed by atoms with E-state index in [0.29, 0.717) is 34.9 Å². The fourth-order valence-electron chi connectivity index (χ4n) is 3.74. The smallest absolute Gasteiger partial charge is 0.187 e. The highest BCUT2D eigenvalue weighted by Gasteiger charge is 2.17. The summed E-state index contributed by atoms with van der Waals surface area (Å²) in [6, 6.07) is 13.8. The quantitative estimate of drug-likeness (QED) is 0.451. The first kappa shape index (κ1) is 22.3. The number of nitriles is 1. The van der Waals surface area contributed by atoms with Gasteiger partial charge in [-0.25, -0.2) is 0 Å². The number of halogens is 1. The Hall–Kier alpha value is -2.86. The number of rotatable bonds is 8. The Labute approximate surface area is 196 Å². The first-order chi connectivity index (χ1) is 15.7. The largest absolute Gasteiger partial charge is 0.493 e. The molecule has 0 saturated carbocycles. The van der Waals surface area contributed by atoms with Gasteiger partial charge in [-0.15, -0.1) is 0 Å². The van der Waals surface area contributed by atoms with Crippen LogP contribution in [-0.4, -0.2) is 56.4 Å². The number of pyridine rings is 1. The van der Waals surface area contributed by atoms with Crippen molar-refractivity contribution < 1.29 is 14.2 Å². The Balaban J connectivity index is 1.61. The summed E-state index contributed by atoms with van der Waals surface area (Å²) in [6.45, 7) is 5.00. The van der Waals surface area contributed by atoms with Gasteiger partial charge in [0.15, 0.2) is 11.5 Å². The zero-order valence-corrected chi connectivity index (χ0v) is 19.5. The predicted molar refractivity (Wildman–Crippen MR) is 128 cm³/mol. The number of ether oxygens (including phenoxy) is 3. The molecule has 1 fully saturated rings. The van der Waals surface area contributed by atoms with Crippen molar-refractivity contribution in [2.45, 2.75) is 6.42 Å². The Morgan fingerprint density at radius 3 is 2.84 bits per heavy atom. The Morgan fingerprint density at radius 1 is 1.25 bits per heavy atom. The predicted octanol–water partition coefficient (Wildman–Crippen LogP) is 4.72. The van der Waals surface area contributed by atoms with Crippen molar-refractivity contribution in [3.63, 3.8) is 0 Å². The van der Waals surface area contributed by atoms with Crippen LogP contribution in [0.1, 0.15) is 12.0 Å². The van der Waals surface area contributed by atoms with Crippen LogP contribution in [0.4, 0.5) is 11.4 Å². The molecule has 166 valence electrons. The summed E-state index contributed by atoms with van der Waals surface area (Å²) in [5.41, 5.74) is 2.68. The number of nitrogens with zero attached hydrogens (tertiary/aromatic N) is 3. The van der Waals surface area contributed by atoms with Gasteiger partial charge in [0.1, 0.15) is 11.6 Å². The van der Waals surface area contributed by atoms with E-state index >= 15 is 0 Å². The van der Waals surface area contributed by atoms with E-state index in [1.54, 1.807) is 13.3 Å². The molecule has 3 aromatic rings. The van der Waals surface area contributed by atoms with Gasteiger partial charge in [-0.3, -0.25) is 9.88 Å². The maximum Gasteiger partial charge on any atom is 0.187 e. The van der Waals surface area contributed by atoms with E-state index in [9.17, 15) is 5.26 Å². The van der Waals surface area contributed by atoms with Crippen LogP contribution in [0.2, 0.25) is 0 Å². The summed E-state index contributed by atoms with van der Waals surface area (Å²) in [4.78, 5) is 6.92. The fraction of sp³-hybridized carbons (Fsp3) is 0.333. The third-order valence-corrected chi connectivity index (χ3v) is 5.85. The van der Waals surface area contributed by atoms with Crippen molar-refractivity contribution in [2.75, 3.05) is 51.9 Å². The molecule has 0 amide bonds. The molecule has 1 aromatic heterocycles. The summed E-state index contributed by atoms with van der Waals surface area (Å²) in [7, 11) is 1.62. The average molecular weight is 497 g/mol. The van der Waals surface area contributed by atoms with E-state index in [2.05, 4.69) is 37.2 Å². The van der Waals surface area contributed by atoms with Gasteiger partial charge < -0.3 is 19.5 Å². The van der Waals surface area contributed by atoms with Crippen molar-refractivity contribution >= 4 is 38.2 Å². The average Bonchev–Trinajstić information content (AvgIpc) is 2.82. The van der Waals surface area contributed by atoms with E-state index < -0.39 is 0 Å². The summed E-state index contributed by atoms with van der Waals surface area (Å²) >= 11 is 3.49. The van der Waals surface area contributed by atoms with Crippen LogP contribution in [-0.2, 0) is 4.74 Å². The number of morpholine rings is 1. The van der Waals surface area contributed by atoms with Crippen LogP contribution in [0.3, 0.4) is 0 Å². The number of methoxy groups -OCH3 is 1. The first-order valence-electron chi connectivity index (χ1n) is 10.5. The Bertz CT molecular complexity index is 1130. The molecule has 7 nitrogen and oxygen atoms in total. The number of hydrogen-bond acceptors (Lipinski definition) is 7. The van der Waals surface area contributed by atoms with Crippen LogP contribution in [0.25, 0.3) is 10.9 Å². The summed E-state index contributed by atoms with van der Waals surface area (Å²) in [6.07, 6.45) is 2.46. The molecule has 1 saturated heterocycles. The molecule has 1 aliphatic heterocycles. The second kappa shape index (κ2) is 10.6. The molecule has 0 aliphatic carbocycles. The molecule has 0 unspecified atom stereocenters. The molecule has 0 bridgehead atoms.